The minimum Gasteiger partial charge on any atom is -0.494 e. The van der Waals surface area contributed by atoms with Crippen LogP contribution in [0.3, 0.4) is 0 Å². The van der Waals surface area contributed by atoms with Crippen molar-refractivity contribution in [3.05, 3.63) is 24.3 Å². The maximum Gasteiger partial charge on any atom is 0.253 e. The molecule has 0 saturated carbocycles. The summed E-state index contributed by atoms with van der Waals surface area (Å²) < 4.78 is 10.9. The fourth-order valence-electron chi connectivity index (χ4n) is 1.98. The number of hydrogen-bond donors (Lipinski definition) is 1. The highest BCUT2D eigenvalue weighted by molar-refractivity contribution is 5.94. The molecule has 4 heteroatoms. The maximum absolute atomic E-state index is 11.8. The van der Waals surface area contributed by atoms with E-state index in [9.17, 15) is 4.79 Å². The Kier molecular flexibility index (Phi) is 5.21. The lowest BCUT2D eigenvalue weighted by Gasteiger charge is -2.11. The van der Waals surface area contributed by atoms with Crippen molar-refractivity contribution >= 4 is 11.6 Å². The molecule has 1 aromatic carbocycles. The quantitative estimate of drug-likeness (QED) is 0.803. The van der Waals surface area contributed by atoms with Gasteiger partial charge < -0.3 is 14.8 Å². The first kappa shape index (κ1) is 13.9. The zero-order valence-corrected chi connectivity index (χ0v) is 11.4. The van der Waals surface area contributed by atoms with Crippen molar-refractivity contribution in [1.29, 1.82) is 0 Å². The molecule has 1 saturated heterocycles. The van der Waals surface area contributed by atoms with Crippen molar-refractivity contribution in [2.24, 2.45) is 0 Å². The van der Waals surface area contributed by atoms with Crippen LogP contribution in [0.5, 0.6) is 5.75 Å². The first-order valence-electron chi connectivity index (χ1n) is 6.95. The van der Waals surface area contributed by atoms with Gasteiger partial charge in [-0.3, -0.25) is 4.79 Å². The highest BCUT2D eigenvalue weighted by Crippen LogP contribution is 2.18. The van der Waals surface area contributed by atoms with Crippen molar-refractivity contribution in [1.82, 2.24) is 0 Å². The summed E-state index contributed by atoms with van der Waals surface area (Å²) in [5.74, 6) is 0.778. The van der Waals surface area contributed by atoms with E-state index in [0.717, 1.165) is 43.7 Å². The molecule has 19 heavy (non-hydrogen) atoms. The van der Waals surface area contributed by atoms with Gasteiger partial charge in [0.05, 0.1) is 6.61 Å². The standard InChI is InChI=1S/C15H21NO3/c1-2-3-10-18-13-8-6-12(7-9-13)16-15(17)14-5-4-11-19-14/h6-9,14H,2-5,10-11H2,1H3,(H,16,17). The van der Waals surface area contributed by atoms with Crippen LogP contribution in [-0.2, 0) is 9.53 Å². The van der Waals surface area contributed by atoms with Crippen molar-refractivity contribution in [3.8, 4) is 5.75 Å². The van der Waals surface area contributed by atoms with Crippen LogP contribution in [0.4, 0.5) is 5.69 Å². The van der Waals surface area contributed by atoms with Gasteiger partial charge in [-0.1, -0.05) is 13.3 Å². The molecular weight excluding hydrogens is 242 g/mol. The third-order valence-electron chi connectivity index (χ3n) is 3.11. The Labute approximate surface area is 114 Å². The number of amides is 1. The number of ether oxygens (including phenoxy) is 2. The molecule has 1 aliphatic rings. The number of nitrogens with one attached hydrogen (secondary N) is 1. The summed E-state index contributed by atoms with van der Waals surface area (Å²) in [6.45, 7) is 3.55. The second-order valence-corrected chi connectivity index (χ2v) is 4.72. The predicted molar refractivity (Wildman–Crippen MR) is 74.4 cm³/mol. The predicted octanol–water partition coefficient (Wildman–Crippen LogP) is 2.98. The topological polar surface area (TPSA) is 47.6 Å². The molecule has 1 amide bonds. The summed E-state index contributed by atoms with van der Waals surface area (Å²) >= 11 is 0. The summed E-state index contributed by atoms with van der Waals surface area (Å²) in [5.41, 5.74) is 0.781. The molecule has 1 aromatic rings. The van der Waals surface area contributed by atoms with Crippen LogP contribution >= 0.6 is 0 Å². The van der Waals surface area contributed by atoms with Gasteiger partial charge in [-0.25, -0.2) is 0 Å². The maximum atomic E-state index is 11.8. The monoisotopic (exact) mass is 263 g/mol. The average molecular weight is 263 g/mol. The molecule has 0 aliphatic carbocycles. The number of hydrogen-bond acceptors (Lipinski definition) is 3. The lowest BCUT2D eigenvalue weighted by molar-refractivity contribution is -0.124. The van der Waals surface area contributed by atoms with E-state index in [2.05, 4.69) is 12.2 Å². The smallest absolute Gasteiger partial charge is 0.253 e. The summed E-state index contributed by atoms with van der Waals surface area (Å²) in [6.07, 6.45) is 3.65. The first-order valence-corrected chi connectivity index (χ1v) is 6.95. The molecular formula is C15H21NO3. The molecule has 1 atom stereocenters. The molecule has 104 valence electrons. The van der Waals surface area contributed by atoms with Gasteiger partial charge in [0.2, 0.25) is 0 Å². The Morgan fingerprint density at radius 3 is 2.84 bits per heavy atom. The van der Waals surface area contributed by atoms with Crippen molar-refractivity contribution in [2.45, 2.75) is 38.7 Å². The van der Waals surface area contributed by atoms with Gasteiger partial charge in [-0.2, -0.15) is 0 Å². The molecule has 1 aliphatic heterocycles. The normalized spacial score (nSPS) is 18.3. The van der Waals surface area contributed by atoms with E-state index in [0.29, 0.717) is 6.61 Å². The lowest BCUT2D eigenvalue weighted by atomic mass is 10.2. The van der Waals surface area contributed by atoms with E-state index in [4.69, 9.17) is 9.47 Å². The number of anilines is 1. The summed E-state index contributed by atoms with van der Waals surface area (Å²) in [6, 6.07) is 7.46. The van der Waals surface area contributed by atoms with Crippen molar-refractivity contribution < 1.29 is 14.3 Å². The number of unbranched alkanes of at least 4 members (excludes halogenated alkanes) is 1. The third-order valence-corrected chi connectivity index (χ3v) is 3.11. The highest BCUT2D eigenvalue weighted by Gasteiger charge is 2.23. The van der Waals surface area contributed by atoms with E-state index in [1.54, 1.807) is 0 Å². The Hall–Kier alpha value is -1.55. The van der Waals surface area contributed by atoms with Gasteiger partial charge in [-0.15, -0.1) is 0 Å². The SMILES string of the molecule is CCCCOc1ccc(NC(=O)C2CCCO2)cc1. The van der Waals surface area contributed by atoms with Crippen LogP contribution in [0.15, 0.2) is 24.3 Å². The Morgan fingerprint density at radius 1 is 1.42 bits per heavy atom. The summed E-state index contributed by atoms with van der Waals surface area (Å²) in [5, 5.41) is 2.86. The molecule has 1 fully saturated rings. The average Bonchev–Trinajstić information content (AvgIpc) is 2.95. The molecule has 0 bridgehead atoms. The molecule has 0 spiro atoms. The van der Waals surface area contributed by atoms with E-state index in [1.807, 2.05) is 24.3 Å². The molecule has 2 rings (SSSR count). The lowest BCUT2D eigenvalue weighted by Crippen LogP contribution is -2.26. The minimum absolute atomic E-state index is 0.0582. The van der Waals surface area contributed by atoms with Crippen LogP contribution in [-0.4, -0.2) is 25.2 Å². The molecule has 1 N–H and O–H groups in total. The first-order chi connectivity index (χ1) is 9.29. The second kappa shape index (κ2) is 7.14. The van der Waals surface area contributed by atoms with Crippen molar-refractivity contribution in [3.63, 3.8) is 0 Å². The van der Waals surface area contributed by atoms with E-state index in [-0.39, 0.29) is 12.0 Å². The molecule has 1 heterocycles. The van der Waals surface area contributed by atoms with Crippen LogP contribution in [0.1, 0.15) is 32.6 Å². The third kappa shape index (κ3) is 4.24. The van der Waals surface area contributed by atoms with Gasteiger partial charge in [0.25, 0.3) is 5.91 Å². The van der Waals surface area contributed by atoms with Gasteiger partial charge in [0.15, 0.2) is 0 Å². The highest BCUT2D eigenvalue weighted by atomic mass is 16.5. The largest absolute Gasteiger partial charge is 0.494 e. The van der Waals surface area contributed by atoms with Gasteiger partial charge in [0, 0.05) is 12.3 Å². The second-order valence-electron chi connectivity index (χ2n) is 4.72. The Bertz CT molecular complexity index is 396. The number of carbonyl (C=O) groups is 1. The fraction of sp³-hybridized carbons (Fsp3) is 0.533. The van der Waals surface area contributed by atoms with Crippen LogP contribution in [0, 0.1) is 0 Å². The van der Waals surface area contributed by atoms with Gasteiger partial charge >= 0.3 is 0 Å². The van der Waals surface area contributed by atoms with Crippen LogP contribution in [0.25, 0.3) is 0 Å². The van der Waals surface area contributed by atoms with Crippen molar-refractivity contribution in [2.75, 3.05) is 18.5 Å². The van der Waals surface area contributed by atoms with E-state index < -0.39 is 0 Å². The van der Waals surface area contributed by atoms with Gasteiger partial charge in [-0.05, 0) is 43.5 Å². The van der Waals surface area contributed by atoms with Crippen LogP contribution in [0.2, 0.25) is 0 Å². The number of benzene rings is 1. The molecule has 0 radical (unpaired) electrons. The molecule has 1 unspecified atom stereocenters. The molecule has 0 aromatic heterocycles. The summed E-state index contributed by atoms with van der Waals surface area (Å²) in [7, 11) is 0. The van der Waals surface area contributed by atoms with E-state index in [1.165, 1.54) is 0 Å². The van der Waals surface area contributed by atoms with Crippen LogP contribution < -0.4 is 10.1 Å². The zero-order chi connectivity index (χ0) is 13.5. The van der Waals surface area contributed by atoms with E-state index >= 15 is 0 Å². The minimum atomic E-state index is -0.291. The van der Waals surface area contributed by atoms with Gasteiger partial charge in [0.1, 0.15) is 11.9 Å². The zero-order valence-electron chi connectivity index (χ0n) is 11.4. The molecule has 4 nitrogen and oxygen atoms in total. The fourth-order valence-corrected chi connectivity index (χ4v) is 1.98. The Balaban J connectivity index is 1.82. The Morgan fingerprint density at radius 2 is 2.21 bits per heavy atom. The number of carbonyl (C=O) groups excluding carboxylic acids is 1. The summed E-state index contributed by atoms with van der Waals surface area (Å²) in [4.78, 5) is 11.8. The number of rotatable bonds is 6.